The lowest BCUT2D eigenvalue weighted by molar-refractivity contribution is -0.00000266. The van der Waals surface area contributed by atoms with E-state index in [0.29, 0.717) is 0 Å². The molecule has 0 aliphatic rings. The molecule has 12 heavy (non-hydrogen) atoms. The van der Waals surface area contributed by atoms with Crippen LogP contribution in [0.5, 0.6) is 0 Å². The van der Waals surface area contributed by atoms with E-state index in [9.17, 15) is 0 Å². The molecule has 0 radical (unpaired) electrons. The zero-order chi connectivity index (χ0) is 8.48. The Kier molecular flexibility index (Phi) is 3.94. The largest absolute Gasteiger partial charge is 1.00 e. The Morgan fingerprint density at radius 3 is 1.83 bits per heavy atom. The number of nitrogens with zero attached hydrogens (tertiary/aromatic N) is 1. The minimum absolute atomic E-state index is 0. The van der Waals surface area contributed by atoms with Gasteiger partial charge in [0.25, 0.3) is 0 Å². The zero-order valence-corrected chi connectivity index (χ0v) is 9.72. The molecule has 0 fully saturated rings. The van der Waals surface area contributed by atoms with Crippen LogP contribution in [0.1, 0.15) is 5.56 Å². The molecule has 68 valence electrons. The molecule has 0 bridgehead atoms. The number of rotatable bonds is 1. The normalized spacial score (nSPS) is 10.7. The number of quaternary nitrogens is 1. The van der Waals surface area contributed by atoms with Crippen LogP contribution in [0.2, 0.25) is 0 Å². The second-order valence-electron chi connectivity index (χ2n) is 3.80. The highest BCUT2D eigenvalue weighted by Gasteiger charge is 2.13. The smallest absolute Gasteiger partial charge is 0.135 e. The standard InChI is InChI=1S/C10H16N.BrH/c1-9-7-5-6-8-10(9)11(2,3)4;/h5-8H,1-4H3;1H/q+1;/p-1. The lowest BCUT2D eigenvalue weighted by Gasteiger charge is -2.24. The lowest BCUT2D eigenvalue weighted by atomic mass is 10.2. The maximum Gasteiger partial charge on any atom is 0.135 e. The summed E-state index contributed by atoms with van der Waals surface area (Å²) < 4.78 is 0.896. The molecule has 0 N–H and O–H groups in total. The molecule has 0 spiro atoms. The summed E-state index contributed by atoms with van der Waals surface area (Å²) >= 11 is 0. The van der Waals surface area contributed by atoms with Gasteiger partial charge in [-0.25, -0.2) is 0 Å². The number of aryl methyl sites for hydroxylation is 1. The van der Waals surface area contributed by atoms with Crippen LogP contribution in [0.15, 0.2) is 24.3 Å². The summed E-state index contributed by atoms with van der Waals surface area (Å²) in [5.41, 5.74) is 2.74. The van der Waals surface area contributed by atoms with Gasteiger partial charge in [0.15, 0.2) is 0 Å². The molecule has 0 aliphatic carbocycles. The van der Waals surface area contributed by atoms with Crippen molar-refractivity contribution < 1.29 is 17.0 Å². The molecule has 1 aromatic carbocycles. The Morgan fingerprint density at radius 1 is 1.00 bits per heavy atom. The van der Waals surface area contributed by atoms with Crippen LogP contribution in [-0.4, -0.2) is 21.1 Å². The van der Waals surface area contributed by atoms with E-state index >= 15 is 0 Å². The molecule has 0 saturated carbocycles. The fourth-order valence-corrected chi connectivity index (χ4v) is 1.32. The van der Waals surface area contributed by atoms with Crippen molar-refractivity contribution in [3.05, 3.63) is 29.8 Å². The quantitative estimate of drug-likeness (QED) is 0.554. The predicted molar refractivity (Wildman–Crippen MR) is 50.7 cm³/mol. The van der Waals surface area contributed by atoms with E-state index in [1.54, 1.807) is 0 Å². The first-order chi connectivity index (χ1) is 5.02. The predicted octanol–water partition coefficient (Wildman–Crippen LogP) is -0.804. The van der Waals surface area contributed by atoms with Crippen molar-refractivity contribution in [2.75, 3.05) is 21.1 Å². The van der Waals surface area contributed by atoms with Crippen LogP contribution < -0.4 is 21.5 Å². The summed E-state index contributed by atoms with van der Waals surface area (Å²) in [6.45, 7) is 2.15. The van der Waals surface area contributed by atoms with E-state index in [0.717, 1.165) is 4.48 Å². The topological polar surface area (TPSA) is 0 Å². The molecule has 0 aromatic heterocycles. The number of para-hydroxylation sites is 1. The molecule has 2 heteroatoms. The van der Waals surface area contributed by atoms with Gasteiger partial charge in [0.2, 0.25) is 0 Å². The van der Waals surface area contributed by atoms with Crippen LogP contribution in [0.25, 0.3) is 0 Å². The van der Waals surface area contributed by atoms with Gasteiger partial charge in [0, 0.05) is 5.56 Å². The van der Waals surface area contributed by atoms with Gasteiger partial charge < -0.3 is 17.0 Å². The van der Waals surface area contributed by atoms with Gasteiger partial charge in [0.05, 0.1) is 21.1 Å². The van der Waals surface area contributed by atoms with Gasteiger partial charge >= 0.3 is 0 Å². The van der Waals surface area contributed by atoms with Crippen molar-refractivity contribution in [3.63, 3.8) is 0 Å². The first-order valence-corrected chi connectivity index (χ1v) is 3.89. The third-order valence-corrected chi connectivity index (χ3v) is 1.84. The van der Waals surface area contributed by atoms with Crippen LogP contribution in [0.3, 0.4) is 0 Å². The maximum atomic E-state index is 2.18. The fourth-order valence-electron chi connectivity index (χ4n) is 1.32. The van der Waals surface area contributed by atoms with E-state index in [1.165, 1.54) is 11.3 Å². The molecule has 1 aromatic rings. The summed E-state index contributed by atoms with van der Waals surface area (Å²) in [6.07, 6.45) is 0. The van der Waals surface area contributed by atoms with Crippen molar-refractivity contribution in [1.82, 2.24) is 4.48 Å². The van der Waals surface area contributed by atoms with Crippen molar-refractivity contribution >= 4 is 5.69 Å². The number of halogens is 1. The number of benzene rings is 1. The average molecular weight is 230 g/mol. The van der Waals surface area contributed by atoms with Gasteiger partial charge in [-0.15, -0.1) is 0 Å². The van der Waals surface area contributed by atoms with E-state index < -0.39 is 0 Å². The zero-order valence-electron chi connectivity index (χ0n) is 8.13. The lowest BCUT2D eigenvalue weighted by Crippen LogP contribution is -3.00. The Labute approximate surface area is 85.4 Å². The summed E-state index contributed by atoms with van der Waals surface area (Å²) in [7, 11) is 6.55. The molecule has 0 unspecified atom stereocenters. The molecule has 0 amide bonds. The van der Waals surface area contributed by atoms with Crippen molar-refractivity contribution in [2.45, 2.75) is 6.92 Å². The van der Waals surface area contributed by atoms with Gasteiger partial charge in [-0.05, 0) is 13.0 Å². The SMILES string of the molecule is Cc1ccccc1[N+](C)(C)C.[Br-]. The Balaban J connectivity index is 0.00000121. The van der Waals surface area contributed by atoms with Crippen LogP contribution >= 0.6 is 0 Å². The van der Waals surface area contributed by atoms with Crippen LogP contribution in [0.4, 0.5) is 5.69 Å². The highest BCUT2D eigenvalue weighted by Crippen LogP contribution is 2.20. The molecule has 0 heterocycles. The molecule has 0 aliphatic heterocycles. The molecule has 1 nitrogen and oxygen atoms in total. The van der Waals surface area contributed by atoms with E-state index in [-0.39, 0.29) is 17.0 Å². The van der Waals surface area contributed by atoms with E-state index in [1.807, 2.05) is 0 Å². The Morgan fingerprint density at radius 2 is 1.50 bits per heavy atom. The highest BCUT2D eigenvalue weighted by atomic mass is 79.9. The van der Waals surface area contributed by atoms with Crippen LogP contribution in [0, 0.1) is 6.92 Å². The minimum atomic E-state index is 0. The number of hydrogen-bond acceptors (Lipinski definition) is 0. The molecular formula is C10H16BrN. The summed E-state index contributed by atoms with van der Waals surface area (Å²) in [5.74, 6) is 0. The van der Waals surface area contributed by atoms with Gasteiger partial charge in [-0.1, -0.05) is 18.2 Å². The van der Waals surface area contributed by atoms with Crippen molar-refractivity contribution in [1.29, 1.82) is 0 Å². The Hall–Kier alpha value is -0.340. The fraction of sp³-hybridized carbons (Fsp3) is 0.400. The van der Waals surface area contributed by atoms with Crippen molar-refractivity contribution in [3.8, 4) is 0 Å². The van der Waals surface area contributed by atoms with Crippen LogP contribution in [-0.2, 0) is 0 Å². The monoisotopic (exact) mass is 229 g/mol. The average Bonchev–Trinajstić information content (AvgIpc) is 1.86. The second-order valence-corrected chi connectivity index (χ2v) is 3.80. The summed E-state index contributed by atoms with van der Waals surface area (Å²) in [5, 5.41) is 0. The molecule has 0 saturated heterocycles. The molecule has 1 rings (SSSR count). The molecular weight excluding hydrogens is 214 g/mol. The van der Waals surface area contributed by atoms with Gasteiger partial charge in [0.1, 0.15) is 5.69 Å². The summed E-state index contributed by atoms with van der Waals surface area (Å²) in [6, 6.07) is 8.49. The first-order valence-electron chi connectivity index (χ1n) is 3.89. The number of hydrogen-bond donors (Lipinski definition) is 0. The van der Waals surface area contributed by atoms with Crippen molar-refractivity contribution in [2.24, 2.45) is 0 Å². The third kappa shape index (κ3) is 2.61. The molecule has 0 atom stereocenters. The summed E-state index contributed by atoms with van der Waals surface area (Å²) in [4.78, 5) is 0. The first kappa shape index (κ1) is 11.7. The minimum Gasteiger partial charge on any atom is -1.00 e. The van der Waals surface area contributed by atoms with E-state index in [4.69, 9.17) is 0 Å². The third-order valence-electron chi connectivity index (χ3n) is 1.84. The van der Waals surface area contributed by atoms with Gasteiger partial charge in [-0.2, -0.15) is 0 Å². The van der Waals surface area contributed by atoms with Gasteiger partial charge in [-0.3, -0.25) is 4.48 Å². The second kappa shape index (κ2) is 4.06. The van der Waals surface area contributed by atoms with E-state index in [2.05, 4.69) is 52.3 Å². The highest BCUT2D eigenvalue weighted by molar-refractivity contribution is 5.48. The Bertz CT molecular complexity index is 250. The maximum absolute atomic E-state index is 2.18.